The zero-order chi connectivity index (χ0) is 26.6. The van der Waals surface area contributed by atoms with E-state index >= 15 is 0 Å². The lowest BCUT2D eigenvalue weighted by Gasteiger charge is -2.45. The van der Waals surface area contributed by atoms with Gasteiger partial charge in [0.2, 0.25) is 0 Å². The lowest BCUT2D eigenvalue weighted by Crippen LogP contribution is -2.54. The minimum atomic E-state index is -0.682. The number of nitrogens with zero attached hydrogens (tertiary/aromatic N) is 3. The van der Waals surface area contributed by atoms with Gasteiger partial charge in [0.05, 0.1) is 24.6 Å². The van der Waals surface area contributed by atoms with Gasteiger partial charge in [-0.3, -0.25) is 14.7 Å². The summed E-state index contributed by atoms with van der Waals surface area (Å²) < 4.78 is 18.6. The summed E-state index contributed by atoms with van der Waals surface area (Å²) in [6, 6.07) is 4.75. The molecule has 0 aliphatic carbocycles. The highest BCUT2D eigenvalue weighted by atomic mass is 19.1. The number of hydrogen-bond acceptors (Lipinski definition) is 8. The Balaban J connectivity index is 2.12. The number of aliphatic hydroxyl groups excluding tert-OH is 1. The van der Waals surface area contributed by atoms with E-state index in [2.05, 4.69) is 15.2 Å². The molecule has 36 heavy (non-hydrogen) atoms. The Morgan fingerprint density at radius 3 is 2.67 bits per heavy atom. The number of ether oxygens (including phenoxy) is 1. The fourth-order valence-corrected chi connectivity index (χ4v) is 4.30. The zero-order valence-corrected chi connectivity index (χ0v) is 22.2. The van der Waals surface area contributed by atoms with E-state index in [-0.39, 0.29) is 11.6 Å². The zero-order valence-electron chi connectivity index (χ0n) is 22.2. The average Bonchev–Trinajstić information content (AvgIpc) is 2.88. The molecule has 0 atom stereocenters. The van der Waals surface area contributed by atoms with Gasteiger partial charge in [-0.05, 0) is 55.9 Å². The Hall–Kier alpha value is -2.30. The Morgan fingerprint density at radius 1 is 1.28 bits per heavy atom. The van der Waals surface area contributed by atoms with E-state index in [1.165, 1.54) is 12.1 Å². The molecule has 1 aliphatic heterocycles. The number of aldehydes is 1. The van der Waals surface area contributed by atoms with Crippen LogP contribution in [0.15, 0.2) is 41.9 Å². The summed E-state index contributed by atoms with van der Waals surface area (Å²) in [5, 5.41) is 28.4. The molecule has 9 heteroatoms. The number of rotatable bonds is 15. The van der Waals surface area contributed by atoms with Gasteiger partial charge in [-0.15, -0.1) is 0 Å². The number of carbonyl (C=O) groups is 1. The highest BCUT2D eigenvalue weighted by Crippen LogP contribution is 2.24. The second kappa shape index (κ2) is 15.1. The fourth-order valence-electron chi connectivity index (χ4n) is 4.30. The van der Waals surface area contributed by atoms with Gasteiger partial charge in [-0.2, -0.15) is 0 Å². The molecule has 202 valence electrons. The molecule has 0 radical (unpaired) electrons. The molecule has 0 amide bonds. The minimum absolute atomic E-state index is 0.244. The van der Waals surface area contributed by atoms with Crippen LogP contribution in [0, 0.1) is 12.7 Å². The number of aliphatic hydroxyl groups is 2. The molecule has 1 aliphatic rings. The molecule has 1 aromatic rings. The summed E-state index contributed by atoms with van der Waals surface area (Å²) in [4.78, 5) is 13.6. The molecule has 1 aromatic carbocycles. The fraction of sp³-hybridized carbons (Fsp3) is 0.593. The summed E-state index contributed by atoms with van der Waals surface area (Å²) in [5.74, 6) is -0.549. The third-order valence-corrected chi connectivity index (χ3v) is 6.84. The smallest absolute Gasteiger partial charge is 0.186 e. The molecule has 1 heterocycles. The molecule has 3 N–H and O–H groups in total. The Labute approximate surface area is 215 Å². The van der Waals surface area contributed by atoms with Crippen molar-refractivity contribution >= 4 is 6.29 Å². The van der Waals surface area contributed by atoms with Crippen LogP contribution in [0.4, 0.5) is 4.39 Å². The number of carbonyl (C=O) groups excluding carboxylic acids is 1. The summed E-state index contributed by atoms with van der Waals surface area (Å²) in [7, 11) is 1.65. The van der Waals surface area contributed by atoms with Crippen molar-refractivity contribution in [3.05, 3.63) is 58.9 Å². The van der Waals surface area contributed by atoms with Gasteiger partial charge in [0.1, 0.15) is 5.82 Å². The SMILES string of the molecule is CCC(O)(CC)CCCN1CN(CCOC)C/C(=C(\O)C=O)N1/C=C/CNCc1ccc(F)cc1C. The van der Waals surface area contributed by atoms with Crippen molar-refractivity contribution < 1.29 is 24.1 Å². The van der Waals surface area contributed by atoms with E-state index in [4.69, 9.17) is 4.74 Å². The quantitative estimate of drug-likeness (QED) is 0.144. The lowest BCUT2D eigenvalue weighted by molar-refractivity contribution is -0.108. The van der Waals surface area contributed by atoms with E-state index in [9.17, 15) is 19.4 Å². The van der Waals surface area contributed by atoms with Crippen LogP contribution in [0.1, 0.15) is 50.7 Å². The van der Waals surface area contributed by atoms with E-state index in [0.29, 0.717) is 77.2 Å². The lowest BCUT2D eigenvalue weighted by atomic mass is 9.92. The van der Waals surface area contributed by atoms with Gasteiger partial charge < -0.3 is 20.3 Å². The number of allylic oxidation sites excluding steroid dienone is 1. The van der Waals surface area contributed by atoms with Crippen LogP contribution in [0.5, 0.6) is 0 Å². The van der Waals surface area contributed by atoms with Crippen LogP contribution < -0.4 is 5.32 Å². The maximum absolute atomic E-state index is 13.3. The monoisotopic (exact) mass is 506 g/mol. The topological polar surface area (TPSA) is 88.5 Å². The first kappa shape index (κ1) is 29.9. The van der Waals surface area contributed by atoms with Crippen molar-refractivity contribution in [2.75, 3.05) is 46.6 Å². The molecule has 2 rings (SSSR count). The first-order valence-corrected chi connectivity index (χ1v) is 12.7. The first-order valence-electron chi connectivity index (χ1n) is 12.7. The Morgan fingerprint density at radius 2 is 2.03 bits per heavy atom. The maximum atomic E-state index is 13.3. The Bertz CT molecular complexity index is 889. The number of hydrazine groups is 1. The van der Waals surface area contributed by atoms with E-state index < -0.39 is 5.60 Å². The van der Waals surface area contributed by atoms with Crippen LogP contribution in [-0.4, -0.2) is 83.6 Å². The second-order valence-corrected chi connectivity index (χ2v) is 9.33. The van der Waals surface area contributed by atoms with Gasteiger partial charge in [-0.25, -0.2) is 9.40 Å². The normalized spacial score (nSPS) is 17.2. The second-order valence-electron chi connectivity index (χ2n) is 9.33. The molecule has 1 fully saturated rings. The van der Waals surface area contributed by atoms with Crippen LogP contribution >= 0.6 is 0 Å². The molecule has 0 saturated carbocycles. The summed E-state index contributed by atoms with van der Waals surface area (Å²) >= 11 is 0. The van der Waals surface area contributed by atoms with Crippen LogP contribution in [-0.2, 0) is 16.1 Å². The van der Waals surface area contributed by atoms with Crippen molar-refractivity contribution in [1.82, 2.24) is 20.2 Å². The Kier molecular flexibility index (Phi) is 12.5. The third kappa shape index (κ3) is 8.97. The summed E-state index contributed by atoms with van der Waals surface area (Å²) in [6.45, 7) is 9.87. The highest BCUT2D eigenvalue weighted by Gasteiger charge is 2.30. The third-order valence-electron chi connectivity index (χ3n) is 6.84. The van der Waals surface area contributed by atoms with Crippen LogP contribution in [0.2, 0.25) is 0 Å². The number of benzene rings is 1. The van der Waals surface area contributed by atoms with Gasteiger partial charge in [0, 0.05) is 46.0 Å². The highest BCUT2D eigenvalue weighted by molar-refractivity contribution is 5.70. The van der Waals surface area contributed by atoms with Gasteiger partial charge in [0.15, 0.2) is 12.0 Å². The van der Waals surface area contributed by atoms with Crippen molar-refractivity contribution in [3.63, 3.8) is 0 Å². The summed E-state index contributed by atoms with van der Waals surface area (Å²) in [5.41, 5.74) is 1.74. The molecule has 0 aromatic heterocycles. The van der Waals surface area contributed by atoms with Crippen molar-refractivity contribution in [2.24, 2.45) is 0 Å². The van der Waals surface area contributed by atoms with Crippen molar-refractivity contribution in [2.45, 2.75) is 58.6 Å². The predicted octanol–water partition coefficient (Wildman–Crippen LogP) is 3.48. The standard InChI is InChI=1S/C27H43FN4O4/c1-5-27(35,6-2)11-7-13-31-21-30(15-16-36-4)19-25(26(34)20-33)32(31)14-8-12-29-18-23-9-10-24(28)17-22(23)3/h8-10,14,17,20,29,34-35H,5-7,11-13,15-16,18-19,21H2,1-4H3/b14-8+,26-25+. The number of aryl methyl sites for hydroxylation is 1. The number of halogens is 1. The molecule has 0 bridgehead atoms. The number of hydrogen-bond donors (Lipinski definition) is 3. The molecule has 0 spiro atoms. The van der Waals surface area contributed by atoms with Crippen molar-refractivity contribution in [1.29, 1.82) is 0 Å². The van der Waals surface area contributed by atoms with E-state index in [1.807, 2.05) is 38.1 Å². The van der Waals surface area contributed by atoms with Gasteiger partial charge >= 0.3 is 0 Å². The molecular weight excluding hydrogens is 463 g/mol. The molecule has 8 nitrogen and oxygen atoms in total. The molecular formula is C27H43FN4O4. The van der Waals surface area contributed by atoms with Crippen LogP contribution in [0.25, 0.3) is 0 Å². The number of methoxy groups -OCH3 is 1. The van der Waals surface area contributed by atoms with Gasteiger partial charge in [-0.1, -0.05) is 26.0 Å². The van der Waals surface area contributed by atoms with Gasteiger partial charge in [0.25, 0.3) is 0 Å². The first-order chi connectivity index (χ1) is 17.3. The average molecular weight is 507 g/mol. The minimum Gasteiger partial charge on any atom is -0.503 e. The largest absolute Gasteiger partial charge is 0.503 e. The molecule has 0 unspecified atom stereocenters. The number of nitrogens with one attached hydrogen (secondary N) is 1. The van der Waals surface area contributed by atoms with E-state index in [0.717, 1.165) is 17.5 Å². The summed E-state index contributed by atoms with van der Waals surface area (Å²) in [6.07, 6.45) is 7.09. The van der Waals surface area contributed by atoms with Crippen LogP contribution in [0.3, 0.4) is 0 Å². The van der Waals surface area contributed by atoms with E-state index in [1.54, 1.807) is 13.2 Å². The predicted molar refractivity (Wildman–Crippen MR) is 139 cm³/mol. The maximum Gasteiger partial charge on any atom is 0.186 e. The molecule has 1 saturated heterocycles. The van der Waals surface area contributed by atoms with Crippen molar-refractivity contribution in [3.8, 4) is 0 Å².